The Labute approximate surface area is 112 Å². The molecule has 1 aromatic carbocycles. The van der Waals surface area contributed by atoms with Crippen LogP contribution in [0, 0.1) is 5.82 Å². The van der Waals surface area contributed by atoms with E-state index >= 15 is 0 Å². The van der Waals surface area contributed by atoms with Crippen LogP contribution in [0.25, 0.3) is 0 Å². The van der Waals surface area contributed by atoms with Crippen molar-refractivity contribution in [3.63, 3.8) is 0 Å². The fraction of sp³-hybridized carbons (Fsp3) is 0.417. The van der Waals surface area contributed by atoms with Gasteiger partial charge in [0.25, 0.3) is 5.91 Å². The number of nitrogens with one attached hydrogen (secondary N) is 1. The van der Waals surface area contributed by atoms with Crippen molar-refractivity contribution in [3.8, 4) is 5.75 Å². The van der Waals surface area contributed by atoms with Gasteiger partial charge in [-0.15, -0.1) is 0 Å². The van der Waals surface area contributed by atoms with Gasteiger partial charge in [0.1, 0.15) is 18.1 Å². The molecule has 8 heteroatoms. The first kappa shape index (κ1) is 16.2. The minimum Gasteiger partial charge on any atom is -0.483 e. The lowest BCUT2D eigenvalue weighted by molar-refractivity contribution is -0.139. The molecule has 0 bridgehead atoms. The summed E-state index contributed by atoms with van der Waals surface area (Å²) in [5.74, 6) is -1.17. The standard InChI is InChI=1S/C12H14F4N2O2/c13-9-1-2-10(8(5-9)3-4-17)20-6-11(19)18-7-12(14,15)16/h1-2,5H,3-4,6-7,17H2,(H,18,19). The van der Waals surface area contributed by atoms with Gasteiger partial charge < -0.3 is 15.8 Å². The lowest BCUT2D eigenvalue weighted by Crippen LogP contribution is -2.36. The molecule has 20 heavy (non-hydrogen) atoms. The van der Waals surface area contributed by atoms with E-state index in [1.165, 1.54) is 12.1 Å². The van der Waals surface area contributed by atoms with E-state index in [4.69, 9.17) is 10.5 Å². The minimum absolute atomic E-state index is 0.221. The van der Waals surface area contributed by atoms with Crippen LogP contribution in [-0.4, -0.2) is 31.8 Å². The number of benzene rings is 1. The van der Waals surface area contributed by atoms with Crippen LogP contribution in [-0.2, 0) is 11.2 Å². The van der Waals surface area contributed by atoms with Crippen molar-refractivity contribution in [1.82, 2.24) is 5.32 Å². The molecule has 1 rings (SSSR count). The first-order chi connectivity index (χ1) is 9.31. The Kier molecular flexibility index (Phi) is 5.75. The topological polar surface area (TPSA) is 64.3 Å². The van der Waals surface area contributed by atoms with Gasteiger partial charge in [0, 0.05) is 0 Å². The van der Waals surface area contributed by atoms with Crippen molar-refractivity contribution < 1.29 is 27.1 Å². The number of halogens is 4. The summed E-state index contributed by atoms with van der Waals surface area (Å²) in [5, 5.41) is 1.67. The van der Waals surface area contributed by atoms with Crippen molar-refractivity contribution in [3.05, 3.63) is 29.6 Å². The third-order valence-corrected chi connectivity index (χ3v) is 2.28. The van der Waals surface area contributed by atoms with Crippen LogP contribution in [0.2, 0.25) is 0 Å². The van der Waals surface area contributed by atoms with E-state index in [1.54, 1.807) is 5.32 Å². The number of hydrogen-bond donors (Lipinski definition) is 2. The zero-order valence-electron chi connectivity index (χ0n) is 10.5. The molecule has 0 spiro atoms. The molecule has 112 valence electrons. The van der Waals surface area contributed by atoms with Crippen LogP contribution in [0.15, 0.2) is 18.2 Å². The molecule has 1 amide bonds. The molecule has 1 aromatic rings. The Morgan fingerprint density at radius 3 is 2.65 bits per heavy atom. The summed E-state index contributed by atoms with van der Waals surface area (Å²) in [5.41, 5.74) is 5.80. The van der Waals surface area contributed by atoms with Gasteiger partial charge in [0.15, 0.2) is 6.61 Å². The molecule has 0 heterocycles. The molecule has 0 fully saturated rings. The van der Waals surface area contributed by atoms with E-state index < -0.39 is 31.1 Å². The third-order valence-electron chi connectivity index (χ3n) is 2.28. The summed E-state index contributed by atoms with van der Waals surface area (Å²) in [6.07, 6.45) is -4.15. The van der Waals surface area contributed by atoms with Crippen LogP contribution in [0.1, 0.15) is 5.56 Å². The fourth-order valence-electron chi connectivity index (χ4n) is 1.43. The van der Waals surface area contributed by atoms with Crippen LogP contribution in [0.3, 0.4) is 0 Å². The molecule has 0 saturated carbocycles. The summed E-state index contributed by atoms with van der Waals surface area (Å²) >= 11 is 0. The van der Waals surface area contributed by atoms with E-state index in [-0.39, 0.29) is 12.3 Å². The highest BCUT2D eigenvalue weighted by Gasteiger charge is 2.27. The molecule has 0 saturated heterocycles. The van der Waals surface area contributed by atoms with Crippen LogP contribution in [0.5, 0.6) is 5.75 Å². The van der Waals surface area contributed by atoms with Gasteiger partial charge in [-0.2, -0.15) is 13.2 Å². The third kappa shape index (κ3) is 5.87. The monoisotopic (exact) mass is 294 g/mol. The predicted molar refractivity (Wildman–Crippen MR) is 63.7 cm³/mol. The van der Waals surface area contributed by atoms with Crippen LogP contribution >= 0.6 is 0 Å². The molecule has 0 unspecified atom stereocenters. The largest absolute Gasteiger partial charge is 0.483 e. The number of rotatable bonds is 6. The molecule has 0 aliphatic rings. The number of hydrogen-bond acceptors (Lipinski definition) is 3. The van der Waals surface area contributed by atoms with Crippen molar-refractivity contribution in [2.75, 3.05) is 19.7 Å². The van der Waals surface area contributed by atoms with Gasteiger partial charge in [0.05, 0.1) is 0 Å². The average Bonchev–Trinajstić information content (AvgIpc) is 2.35. The maximum Gasteiger partial charge on any atom is 0.405 e. The van der Waals surface area contributed by atoms with E-state index in [9.17, 15) is 22.4 Å². The number of amides is 1. The molecule has 3 N–H and O–H groups in total. The number of nitrogens with two attached hydrogens (primary N) is 1. The van der Waals surface area contributed by atoms with Crippen molar-refractivity contribution in [1.29, 1.82) is 0 Å². The number of carbonyl (C=O) groups excluding carboxylic acids is 1. The van der Waals surface area contributed by atoms with Gasteiger partial charge in [-0.1, -0.05) is 0 Å². The molecule has 4 nitrogen and oxygen atoms in total. The fourth-order valence-corrected chi connectivity index (χ4v) is 1.43. The van der Waals surface area contributed by atoms with Gasteiger partial charge in [-0.25, -0.2) is 4.39 Å². The Morgan fingerprint density at radius 2 is 2.05 bits per heavy atom. The molecular weight excluding hydrogens is 280 g/mol. The number of carbonyl (C=O) groups is 1. The predicted octanol–water partition coefficient (Wildman–Crippen LogP) is 1.38. The summed E-state index contributed by atoms with van der Waals surface area (Å²) in [4.78, 5) is 11.2. The second-order valence-corrected chi connectivity index (χ2v) is 3.97. The molecule has 0 radical (unpaired) electrons. The van der Waals surface area contributed by atoms with Gasteiger partial charge >= 0.3 is 6.18 Å². The van der Waals surface area contributed by atoms with E-state index in [0.29, 0.717) is 12.0 Å². The van der Waals surface area contributed by atoms with Crippen LogP contribution < -0.4 is 15.8 Å². The maximum atomic E-state index is 13.0. The average molecular weight is 294 g/mol. The SMILES string of the molecule is NCCc1cc(F)ccc1OCC(=O)NCC(F)(F)F. The van der Waals surface area contributed by atoms with Crippen molar-refractivity contribution in [2.45, 2.75) is 12.6 Å². The van der Waals surface area contributed by atoms with Gasteiger partial charge in [-0.3, -0.25) is 4.79 Å². The van der Waals surface area contributed by atoms with Crippen molar-refractivity contribution >= 4 is 5.91 Å². The number of alkyl halides is 3. The summed E-state index contributed by atoms with van der Waals surface area (Å²) in [6, 6.07) is 3.64. The first-order valence-corrected chi connectivity index (χ1v) is 5.76. The van der Waals surface area contributed by atoms with Crippen molar-refractivity contribution in [2.24, 2.45) is 5.73 Å². The molecule has 0 aromatic heterocycles. The lowest BCUT2D eigenvalue weighted by atomic mass is 10.1. The van der Waals surface area contributed by atoms with Crippen LogP contribution in [0.4, 0.5) is 17.6 Å². The maximum absolute atomic E-state index is 13.0. The highest BCUT2D eigenvalue weighted by Crippen LogP contribution is 2.20. The second kappa shape index (κ2) is 7.09. The van der Waals surface area contributed by atoms with E-state index in [0.717, 1.165) is 6.07 Å². The Hall–Kier alpha value is -1.83. The highest BCUT2D eigenvalue weighted by atomic mass is 19.4. The zero-order chi connectivity index (χ0) is 15.2. The van der Waals surface area contributed by atoms with E-state index in [1.807, 2.05) is 0 Å². The Balaban J connectivity index is 2.54. The number of ether oxygens (including phenoxy) is 1. The second-order valence-electron chi connectivity index (χ2n) is 3.97. The van der Waals surface area contributed by atoms with Gasteiger partial charge in [0.2, 0.25) is 0 Å². The smallest absolute Gasteiger partial charge is 0.405 e. The minimum atomic E-state index is -4.48. The highest BCUT2D eigenvalue weighted by molar-refractivity contribution is 5.77. The Bertz CT molecular complexity index is 463. The van der Waals surface area contributed by atoms with Gasteiger partial charge in [-0.05, 0) is 36.7 Å². The zero-order valence-corrected chi connectivity index (χ0v) is 10.5. The quantitative estimate of drug-likeness (QED) is 0.779. The lowest BCUT2D eigenvalue weighted by Gasteiger charge is -2.12. The summed E-state index contributed by atoms with van der Waals surface area (Å²) < 4.78 is 53.7. The summed E-state index contributed by atoms with van der Waals surface area (Å²) in [6.45, 7) is -1.76. The first-order valence-electron chi connectivity index (χ1n) is 5.76. The summed E-state index contributed by atoms with van der Waals surface area (Å²) in [7, 11) is 0. The molecule has 0 atom stereocenters. The van der Waals surface area contributed by atoms with E-state index in [2.05, 4.69) is 0 Å². The normalized spacial score (nSPS) is 11.2. The molecular formula is C12H14F4N2O2. The molecule has 0 aliphatic heterocycles. The molecule has 0 aliphatic carbocycles. The Morgan fingerprint density at radius 1 is 1.35 bits per heavy atom.